The lowest BCUT2D eigenvalue weighted by atomic mass is 10.2. The van der Waals surface area contributed by atoms with Gasteiger partial charge in [-0.25, -0.2) is 0 Å². The number of hydrogen-bond acceptors (Lipinski definition) is 2. The summed E-state index contributed by atoms with van der Waals surface area (Å²) >= 11 is 11.0. The Hall–Kier alpha value is -0.730. The van der Waals surface area contributed by atoms with E-state index in [9.17, 15) is 4.79 Å². The molecule has 1 rings (SSSR count). The SMILES string of the molecule is O=C(Cl)C(CCCl)Nc1ccccc1. The van der Waals surface area contributed by atoms with E-state index < -0.39 is 11.3 Å². The Kier molecular flexibility index (Phi) is 4.77. The van der Waals surface area contributed by atoms with Crippen LogP contribution in [0.1, 0.15) is 6.42 Å². The summed E-state index contributed by atoms with van der Waals surface area (Å²) in [6, 6.07) is 9.03. The van der Waals surface area contributed by atoms with Gasteiger partial charge in [0.25, 0.3) is 0 Å². The Balaban J connectivity index is 2.60. The monoisotopic (exact) mass is 231 g/mol. The number of para-hydroxylation sites is 1. The molecule has 4 heteroatoms. The summed E-state index contributed by atoms with van der Waals surface area (Å²) in [7, 11) is 0. The first-order valence-corrected chi connectivity index (χ1v) is 5.22. The zero-order valence-corrected chi connectivity index (χ0v) is 9.05. The van der Waals surface area contributed by atoms with Crippen LogP contribution in [-0.4, -0.2) is 17.2 Å². The summed E-state index contributed by atoms with van der Waals surface area (Å²) in [6.45, 7) is 0. The van der Waals surface area contributed by atoms with Gasteiger partial charge in [0.15, 0.2) is 0 Å². The van der Waals surface area contributed by atoms with E-state index in [1.54, 1.807) is 0 Å². The summed E-state index contributed by atoms with van der Waals surface area (Å²) in [6.07, 6.45) is 0.527. The van der Waals surface area contributed by atoms with Gasteiger partial charge in [0.2, 0.25) is 5.24 Å². The lowest BCUT2D eigenvalue weighted by molar-refractivity contribution is -0.112. The first-order valence-electron chi connectivity index (χ1n) is 4.31. The van der Waals surface area contributed by atoms with Crippen LogP contribution < -0.4 is 5.32 Å². The molecule has 0 heterocycles. The number of halogens is 2. The fraction of sp³-hybridized carbons (Fsp3) is 0.300. The topological polar surface area (TPSA) is 29.1 Å². The van der Waals surface area contributed by atoms with Gasteiger partial charge < -0.3 is 5.32 Å². The van der Waals surface area contributed by atoms with Crippen molar-refractivity contribution in [2.75, 3.05) is 11.2 Å². The highest BCUT2D eigenvalue weighted by Crippen LogP contribution is 2.11. The summed E-state index contributed by atoms with van der Waals surface area (Å²) in [5.41, 5.74) is 0.872. The molecule has 1 unspecified atom stereocenters. The quantitative estimate of drug-likeness (QED) is 0.624. The number of nitrogens with one attached hydrogen (secondary N) is 1. The van der Waals surface area contributed by atoms with E-state index in [1.807, 2.05) is 30.3 Å². The molecule has 0 spiro atoms. The maximum Gasteiger partial charge on any atom is 0.243 e. The Morgan fingerprint density at radius 3 is 2.50 bits per heavy atom. The van der Waals surface area contributed by atoms with E-state index in [0.717, 1.165) is 5.69 Å². The van der Waals surface area contributed by atoms with Gasteiger partial charge in [0, 0.05) is 11.6 Å². The number of hydrogen-bond donors (Lipinski definition) is 1. The van der Waals surface area contributed by atoms with E-state index in [1.165, 1.54) is 0 Å². The van der Waals surface area contributed by atoms with Gasteiger partial charge in [0.05, 0.1) is 0 Å². The number of anilines is 1. The average Bonchev–Trinajstić information content (AvgIpc) is 2.18. The molecule has 0 saturated heterocycles. The Labute approximate surface area is 93.2 Å². The van der Waals surface area contributed by atoms with Crippen molar-refractivity contribution >= 4 is 34.1 Å². The second-order valence-electron chi connectivity index (χ2n) is 2.84. The minimum absolute atomic E-state index is 0.406. The predicted molar refractivity (Wildman–Crippen MR) is 60.0 cm³/mol. The molecule has 0 aliphatic carbocycles. The van der Waals surface area contributed by atoms with Crippen molar-refractivity contribution in [1.29, 1.82) is 0 Å². The zero-order valence-electron chi connectivity index (χ0n) is 7.54. The van der Waals surface area contributed by atoms with Crippen LogP contribution in [0.15, 0.2) is 30.3 Å². The molecule has 1 aromatic rings. The average molecular weight is 232 g/mol. The van der Waals surface area contributed by atoms with E-state index in [4.69, 9.17) is 23.2 Å². The molecular formula is C10H11Cl2NO. The molecule has 0 fully saturated rings. The van der Waals surface area contributed by atoms with E-state index >= 15 is 0 Å². The molecule has 1 N–H and O–H groups in total. The molecule has 0 radical (unpaired) electrons. The van der Waals surface area contributed by atoms with Gasteiger partial charge in [-0.1, -0.05) is 18.2 Å². The maximum atomic E-state index is 11.0. The first kappa shape index (κ1) is 11.3. The third kappa shape index (κ3) is 3.56. The number of rotatable bonds is 5. The van der Waals surface area contributed by atoms with Crippen LogP contribution in [0.5, 0.6) is 0 Å². The molecule has 2 nitrogen and oxygen atoms in total. The summed E-state index contributed by atoms with van der Waals surface area (Å²) in [4.78, 5) is 11.0. The third-order valence-electron chi connectivity index (χ3n) is 1.79. The van der Waals surface area contributed by atoms with E-state index in [2.05, 4.69) is 5.32 Å². The van der Waals surface area contributed by atoms with Gasteiger partial charge >= 0.3 is 0 Å². The second kappa shape index (κ2) is 5.89. The number of benzene rings is 1. The summed E-state index contributed by atoms with van der Waals surface area (Å²) < 4.78 is 0. The summed E-state index contributed by atoms with van der Waals surface area (Å²) in [5, 5.41) is 2.61. The van der Waals surface area contributed by atoms with Crippen LogP contribution >= 0.6 is 23.2 Å². The van der Waals surface area contributed by atoms with Gasteiger partial charge in [-0.05, 0) is 30.2 Å². The van der Waals surface area contributed by atoms with Gasteiger partial charge in [-0.15, -0.1) is 11.6 Å². The second-order valence-corrected chi connectivity index (χ2v) is 3.60. The van der Waals surface area contributed by atoms with E-state index in [-0.39, 0.29) is 0 Å². The zero-order chi connectivity index (χ0) is 10.4. The van der Waals surface area contributed by atoms with Crippen molar-refractivity contribution < 1.29 is 4.79 Å². The maximum absolute atomic E-state index is 11.0. The standard InChI is InChI=1S/C10H11Cl2NO/c11-7-6-9(10(12)14)13-8-4-2-1-3-5-8/h1-5,9,13H,6-7H2. The van der Waals surface area contributed by atoms with Crippen molar-refractivity contribution in [1.82, 2.24) is 0 Å². The number of carbonyl (C=O) groups excluding carboxylic acids is 1. The largest absolute Gasteiger partial charge is 0.374 e. The molecule has 76 valence electrons. The van der Waals surface area contributed by atoms with Crippen LogP contribution in [-0.2, 0) is 4.79 Å². The molecule has 0 aliphatic heterocycles. The highest BCUT2D eigenvalue weighted by Gasteiger charge is 2.14. The third-order valence-corrected chi connectivity index (χ3v) is 2.27. The molecule has 0 bridgehead atoms. The Bertz CT molecular complexity index is 289. The predicted octanol–water partition coefficient (Wildman–Crippen LogP) is 2.86. The van der Waals surface area contributed by atoms with Crippen molar-refractivity contribution in [3.8, 4) is 0 Å². The molecule has 0 aromatic heterocycles. The van der Waals surface area contributed by atoms with Crippen LogP contribution in [0.4, 0.5) is 5.69 Å². The van der Waals surface area contributed by atoms with Crippen LogP contribution in [0, 0.1) is 0 Å². The van der Waals surface area contributed by atoms with Crippen molar-refractivity contribution in [3.63, 3.8) is 0 Å². The van der Waals surface area contributed by atoms with Crippen LogP contribution in [0.2, 0.25) is 0 Å². The number of carbonyl (C=O) groups is 1. The van der Waals surface area contributed by atoms with Crippen molar-refractivity contribution in [2.24, 2.45) is 0 Å². The minimum atomic E-state index is -0.408. The highest BCUT2D eigenvalue weighted by molar-refractivity contribution is 6.65. The van der Waals surface area contributed by atoms with Crippen LogP contribution in [0.3, 0.4) is 0 Å². The van der Waals surface area contributed by atoms with Gasteiger partial charge in [-0.2, -0.15) is 0 Å². The molecule has 1 atom stereocenters. The molecule has 14 heavy (non-hydrogen) atoms. The fourth-order valence-corrected chi connectivity index (χ4v) is 1.47. The summed E-state index contributed by atoms with van der Waals surface area (Å²) in [5.74, 6) is 0.406. The number of alkyl halides is 1. The molecule has 0 saturated carbocycles. The van der Waals surface area contributed by atoms with Crippen molar-refractivity contribution in [2.45, 2.75) is 12.5 Å². The highest BCUT2D eigenvalue weighted by atomic mass is 35.5. The Morgan fingerprint density at radius 2 is 2.00 bits per heavy atom. The normalized spacial score (nSPS) is 12.1. The van der Waals surface area contributed by atoms with Gasteiger partial charge in [-0.3, -0.25) is 4.79 Å². The Morgan fingerprint density at radius 1 is 1.36 bits per heavy atom. The van der Waals surface area contributed by atoms with E-state index in [0.29, 0.717) is 12.3 Å². The van der Waals surface area contributed by atoms with Crippen LogP contribution in [0.25, 0.3) is 0 Å². The molecule has 1 aromatic carbocycles. The fourth-order valence-electron chi connectivity index (χ4n) is 1.09. The van der Waals surface area contributed by atoms with Crippen molar-refractivity contribution in [3.05, 3.63) is 30.3 Å². The molecule has 0 aliphatic rings. The first-order chi connectivity index (χ1) is 6.74. The lowest BCUT2D eigenvalue weighted by Gasteiger charge is -2.14. The lowest BCUT2D eigenvalue weighted by Crippen LogP contribution is -2.26. The molecular weight excluding hydrogens is 221 g/mol. The van der Waals surface area contributed by atoms with Gasteiger partial charge in [0.1, 0.15) is 6.04 Å². The molecule has 0 amide bonds. The minimum Gasteiger partial charge on any atom is -0.374 e. The smallest absolute Gasteiger partial charge is 0.243 e.